The van der Waals surface area contributed by atoms with E-state index < -0.39 is 17.9 Å². The molecule has 7 heteroatoms. The first-order valence-electron chi connectivity index (χ1n) is 5.24. The molecule has 4 nitrogen and oxygen atoms in total. The Morgan fingerprint density at radius 2 is 1.89 bits per heavy atom. The van der Waals surface area contributed by atoms with Gasteiger partial charge in [-0.2, -0.15) is 18.2 Å². The molecule has 1 heterocycles. The van der Waals surface area contributed by atoms with Crippen LogP contribution in [-0.4, -0.2) is 22.4 Å². The van der Waals surface area contributed by atoms with Crippen molar-refractivity contribution in [2.24, 2.45) is 0 Å². The lowest BCUT2D eigenvalue weighted by Gasteiger charge is -2.21. The predicted octanol–water partition coefficient (Wildman–Crippen LogP) is 2.22. The van der Waals surface area contributed by atoms with Crippen LogP contribution in [0.3, 0.4) is 0 Å². The first-order chi connectivity index (χ1) is 8.01. The van der Waals surface area contributed by atoms with Gasteiger partial charge in [0, 0.05) is 11.6 Å². The summed E-state index contributed by atoms with van der Waals surface area (Å²) < 4.78 is 41.5. The first kappa shape index (κ1) is 14.6. The van der Waals surface area contributed by atoms with Gasteiger partial charge in [0.25, 0.3) is 0 Å². The van der Waals surface area contributed by atoms with Gasteiger partial charge in [-0.3, -0.25) is 0 Å². The molecule has 0 saturated heterocycles. The van der Waals surface area contributed by atoms with Gasteiger partial charge in [-0.15, -0.1) is 0 Å². The minimum absolute atomic E-state index is 0.0608. The van der Waals surface area contributed by atoms with E-state index in [1.165, 1.54) is 26.0 Å². The number of ether oxygens (including phenoxy) is 1. The minimum atomic E-state index is -4.47. The van der Waals surface area contributed by atoms with E-state index in [2.05, 4.69) is 9.72 Å². The maximum Gasteiger partial charge on any atom is 0.425 e. The van der Waals surface area contributed by atoms with Crippen LogP contribution in [0.2, 0.25) is 0 Å². The fraction of sp³-hybridized carbons (Fsp3) is 0.545. The highest BCUT2D eigenvalue weighted by Crippen LogP contribution is 2.28. The van der Waals surface area contributed by atoms with Crippen LogP contribution < -0.4 is 10.5 Å². The molecule has 0 saturated carbocycles. The molecule has 1 atom stereocenters. The van der Waals surface area contributed by atoms with E-state index in [0.717, 1.165) is 6.92 Å². The Morgan fingerprint density at radius 3 is 2.28 bits per heavy atom. The SMILES string of the molecule is CC(Oc1ccc(C(C)(C)O)c(N)n1)C(F)(F)F. The second-order valence-corrected chi connectivity index (χ2v) is 4.44. The number of halogens is 3. The van der Waals surface area contributed by atoms with Gasteiger partial charge in [-0.25, -0.2) is 0 Å². The summed E-state index contributed by atoms with van der Waals surface area (Å²) in [4.78, 5) is 3.69. The number of pyridine rings is 1. The average molecular weight is 264 g/mol. The molecular weight excluding hydrogens is 249 g/mol. The summed E-state index contributed by atoms with van der Waals surface area (Å²) >= 11 is 0. The Balaban J connectivity index is 2.93. The number of hydrogen-bond acceptors (Lipinski definition) is 4. The van der Waals surface area contributed by atoms with Crippen LogP contribution in [0, 0.1) is 0 Å². The molecule has 0 aliphatic heterocycles. The molecule has 18 heavy (non-hydrogen) atoms. The molecule has 1 aromatic heterocycles. The van der Waals surface area contributed by atoms with E-state index in [4.69, 9.17) is 5.73 Å². The van der Waals surface area contributed by atoms with Gasteiger partial charge in [0.1, 0.15) is 5.82 Å². The van der Waals surface area contributed by atoms with Gasteiger partial charge in [-0.1, -0.05) is 0 Å². The van der Waals surface area contributed by atoms with Crippen LogP contribution in [0.15, 0.2) is 12.1 Å². The quantitative estimate of drug-likeness (QED) is 0.878. The van der Waals surface area contributed by atoms with Crippen molar-refractivity contribution in [2.45, 2.75) is 38.7 Å². The third-order valence-corrected chi connectivity index (χ3v) is 2.32. The topological polar surface area (TPSA) is 68.4 Å². The Kier molecular flexibility index (Phi) is 3.75. The standard InChI is InChI=1S/C11H15F3N2O2/c1-6(11(12,13)14)18-8-5-4-7(9(15)16-8)10(2,3)17/h4-6,17H,1-3H3,(H2,15,16). The third kappa shape index (κ3) is 3.49. The number of alkyl halides is 3. The second-order valence-electron chi connectivity index (χ2n) is 4.44. The van der Waals surface area contributed by atoms with Gasteiger partial charge >= 0.3 is 6.18 Å². The molecule has 1 aromatic rings. The molecule has 0 aliphatic carbocycles. The van der Waals surface area contributed by atoms with Crippen molar-refractivity contribution in [1.29, 1.82) is 0 Å². The maximum absolute atomic E-state index is 12.3. The zero-order valence-electron chi connectivity index (χ0n) is 10.2. The summed E-state index contributed by atoms with van der Waals surface area (Å²) in [6, 6.07) is 2.63. The number of nitrogen functional groups attached to an aromatic ring is 1. The molecule has 0 amide bonds. The van der Waals surface area contributed by atoms with Crippen LogP contribution in [0.5, 0.6) is 5.88 Å². The van der Waals surface area contributed by atoms with E-state index in [-0.39, 0.29) is 11.7 Å². The summed E-state index contributed by atoms with van der Waals surface area (Å²) in [6.45, 7) is 3.88. The summed E-state index contributed by atoms with van der Waals surface area (Å²) in [6.07, 6.45) is -6.44. The molecule has 0 radical (unpaired) electrons. The van der Waals surface area contributed by atoms with Crippen molar-refractivity contribution >= 4 is 5.82 Å². The molecule has 3 N–H and O–H groups in total. The lowest BCUT2D eigenvalue weighted by molar-refractivity contribution is -0.189. The summed E-state index contributed by atoms with van der Waals surface area (Å²) in [5, 5.41) is 9.73. The number of anilines is 1. The van der Waals surface area contributed by atoms with Gasteiger partial charge in [0.2, 0.25) is 5.88 Å². The Morgan fingerprint density at radius 1 is 1.33 bits per heavy atom. The first-order valence-corrected chi connectivity index (χ1v) is 5.24. The highest BCUT2D eigenvalue weighted by Gasteiger charge is 2.38. The Labute approximate surface area is 103 Å². The molecule has 1 rings (SSSR count). The van der Waals surface area contributed by atoms with E-state index in [1.807, 2.05) is 0 Å². The van der Waals surface area contributed by atoms with Gasteiger partial charge in [0.15, 0.2) is 6.10 Å². The largest absolute Gasteiger partial charge is 0.465 e. The van der Waals surface area contributed by atoms with Crippen molar-refractivity contribution in [3.8, 4) is 5.88 Å². The zero-order valence-corrected chi connectivity index (χ0v) is 10.2. The zero-order chi connectivity index (χ0) is 14.1. The molecule has 0 aromatic carbocycles. The van der Waals surface area contributed by atoms with Crippen molar-refractivity contribution in [3.05, 3.63) is 17.7 Å². The number of aliphatic hydroxyl groups is 1. The summed E-state index contributed by atoms with van der Waals surface area (Å²) in [5.74, 6) is -0.292. The normalized spacial score (nSPS) is 14.4. The average Bonchev–Trinajstić information content (AvgIpc) is 2.13. The number of nitrogens with zero attached hydrogens (tertiary/aromatic N) is 1. The van der Waals surface area contributed by atoms with E-state index in [0.29, 0.717) is 5.56 Å². The van der Waals surface area contributed by atoms with Crippen LogP contribution >= 0.6 is 0 Å². The summed E-state index contributed by atoms with van der Waals surface area (Å²) in [5.41, 5.74) is 4.67. The fourth-order valence-electron chi connectivity index (χ4n) is 1.29. The van der Waals surface area contributed by atoms with Gasteiger partial charge < -0.3 is 15.6 Å². The molecule has 0 bridgehead atoms. The summed E-state index contributed by atoms with van der Waals surface area (Å²) in [7, 11) is 0. The van der Waals surface area contributed by atoms with Crippen molar-refractivity contribution in [2.75, 3.05) is 5.73 Å². The molecule has 0 spiro atoms. The van der Waals surface area contributed by atoms with Crippen LogP contribution in [-0.2, 0) is 5.60 Å². The van der Waals surface area contributed by atoms with E-state index in [9.17, 15) is 18.3 Å². The smallest absolute Gasteiger partial charge is 0.425 e. The monoisotopic (exact) mass is 264 g/mol. The van der Waals surface area contributed by atoms with Crippen LogP contribution in [0.1, 0.15) is 26.3 Å². The molecule has 102 valence electrons. The van der Waals surface area contributed by atoms with E-state index >= 15 is 0 Å². The van der Waals surface area contributed by atoms with Crippen molar-refractivity contribution in [3.63, 3.8) is 0 Å². The Bertz CT molecular complexity index is 427. The number of aromatic nitrogens is 1. The lowest BCUT2D eigenvalue weighted by atomic mass is 9.99. The van der Waals surface area contributed by atoms with E-state index in [1.54, 1.807) is 0 Å². The predicted molar refractivity (Wildman–Crippen MR) is 60.0 cm³/mol. The maximum atomic E-state index is 12.3. The molecule has 1 unspecified atom stereocenters. The van der Waals surface area contributed by atoms with Gasteiger partial charge in [-0.05, 0) is 26.8 Å². The van der Waals surface area contributed by atoms with Crippen LogP contribution in [0.4, 0.5) is 19.0 Å². The van der Waals surface area contributed by atoms with Gasteiger partial charge in [0.05, 0.1) is 5.60 Å². The number of rotatable bonds is 3. The molecule has 0 aliphatic rings. The second kappa shape index (κ2) is 4.64. The highest BCUT2D eigenvalue weighted by molar-refractivity contribution is 5.44. The number of hydrogen-bond donors (Lipinski definition) is 2. The molecule has 0 fully saturated rings. The van der Waals surface area contributed by atoms with Crippen LogP contribution in [0.25, 0.3) is 0 Å². The Hall–Kier alpha value is -1.50. The highest BCUT2D eigenvalue weighted by atomic mass is 19.4. The van der Waals surface area contributed by atoms with Crippen molar-refractivity contribution in [1.82, 2.24) is 4.98 Å². The third-order valence-electron chi connectivity index (χ3n) is 2.32. The minimum Gasteiger partial charge on any atom is -0.465 e. The number of nitrogens with two attached hydrogens (primary N) is 1. The molecular formula is C11H15F3N2O2. The van der Waals surface area contributed by atoms with Crippen molar-refractivity contribution < 1.29 is 23.0 Å². The fourth-order valence-corrected chi connectivity index (χ4v) is 1.29. The lowest BCUT2D eigenvalue weighted by Crippen LogP contribution is -2.31.